The Kier molecular flexibility index (Phi) is 6.37. The molecule has 0 unspecified atom stereocenters. The number of nitrogens with zero attached hydrogens (tertiary/aromatic N) is 3. The number of sulfonamides is 1. The smallest absolute Gasteiger partial charge is 0.264 e. The maximum atomic E-state index is 13.4. The van der Waals surface area contributed by atoms with E-state index in [2.05, 4.69) is 10.6 Å². The van der Waals surface area contributed by atoms with Crippen molar-refractivity contribution in [1.82, 2.24) is 9.47 Å². The molecule has 0 bridgehead atoms. The lowest BCUT2D eigenvalue weighted by atomic mass is 10.1. The molecule has 0 N–H and O–H groups in total. The van der Waals surface area contributed by atoms with E-state index in [1.165, 1.54) is 23.5 Å². The highest BCUT2D eigenvalue weighted by Gasteiger charge is 2.29. The van der Waals surface area contributed by atoms with Crippen molar-refractivity contribution in [2.75, 3.05) is 17.9 Å². The van der Waals surface area contributed by atoms with Gasteiger partial charge in [-0.1, -0.05) is 31.0 Å². The third-order valence-corrected chi connectivity index (χ3v) is 8.02. The van der Waals surface area contributed by atoms with Crippen molar-refractivity contribution < 1.29 is 13.2 Å². The normalized spacial score (nSPS) is 17.1. The fourth-order valence-corrected chi connectivity index (χ4v) is 5.55. The molecule has 168 valence electrons. The van der Waals surface area contributed by atoms with E-state index in [0.29, 0.717) is 17.8 Å². The second-order valence-electron chi connectivity index (χ2n) is 8.24. The van der Waals surface area contributed by atoms with Crippen LogP contribution in [0.5, 0.6) is 0 Å². The number of amides is 1. The number of anilines is 1. The Bertz CT molecular complexity index is 1170. The molecule has 3 aromatic rings. The number of aromatic nitrogens is 1. The molecule has 4 rings (SSSR count). The molecule has 6 nitrogen and oxygen atoms in total. The summed E-state index contributed by atoms with van der Waals surface area (Å²) < 4.78 is 29.4. The highest BCUT2D eigenvalue weighted by atomic mass is 32.2. The molecular weight excluding hydrogens is 422 g/mol. The molecule has 2 heterocycles. The second kappa shape index (κ2) is 9.20. The van der Waals surface area contributed by atoms with Crippen LogP contribution in [0.1, 0.15) is 47.8 Å². The zero-order valence-electron chi connectivity index (χ0n) is 18.5. The van der Waals surface area contributed by atoms with Crippen LogP contribution in [0.15, 0.2) is 77.8 Å². The summed E-state index contributed by atoms with van der Waals surface area (Å²) in [5, 5.41) is 0. The lowest BCUT2D eigenvalue weighted by molar-refractivity contribution is 0.0674. The van der Waals surface area contributed by atoms with Gasteiger partial charge >= 0.3 is 0 Å². The lowest BCUT2D eigenvalue weighted by Crippen LogP contribution is -2.35. The average molecular weight is 452 g/mol. The minimum Gasteiger partial charge on any atom is -0.353 e. The molecule has 7 heteroatoms. The van der Waals surface area contributed by atoms with Gasteiger partial charge in [-0.05, 0) is 61.4 Å². The molecule has 1 saturated heterocycles. The maximum Gasteiger partial charge on any atom is 0.264 e. The number of carbonyl (C=O) groups is 1. The number of hydrogen-bond acceptors (Lipinski definition) is 3. The molecular formula is C25H29N3O3S. The van der Waals surface area contributed by atoms with Crippen molar-refractivity contribution in [2.24, 2.45) is 7.05 Å². The first-order valence-electron chi connectivity index (χ1n) is 11.0. The summed E-state index contributed by atoms with van der Waals surface area (Å²) in [7, 11) is -0.173. The SMILES string of the molecule is CN(c1ccccc1)S(=O)(=O)c1ccc(C(=O)N2CCCCC[C@H]2c2cccn2C)cc1. The minimum atomic E-state index is -3.71. The fraction of sp³-hybridized carbons (Fsp3) is 0.320. The van der Waals surface area contributed by atoms with Crippen LogP contribution >= 0.6 is 0 Å². The van der Waals surface area contributed by atoms with Gasteiger partial charge in [-0.15, -0.1) is 0 Å². The molecule has 32 heavy (non-hydrogen) atoms. The van der Waals surface area contributed by atoms with E-state index in [-0.39, 0.29) is 16.8 Å². The second-order valence-corrected chi connectivity index (χ2v) is 10.2. The van der Waals surface area contributed by atoms with Gasteiger partial charge in [0.05, 0.1) is 16.6 Å². The van der Waals surface area contributed by atoms with E-state index in [4.69, 9.17) is 0 Å². The molecule has 1 atom stereocenters. The van der Waals surface area contributed by atoms with E-state index in [1.807, 2.05) is 30.3 Å². The van der Waals surface area contributed by atoms with Gasteiger partial charge in [-0.3, -0.25) is 9.10 Å². The molecule has 2 aromatic carbocycles. The predicted molar refractivity (Wildman–Crippen MR) is 126 cm³/mol. The van der Waals surface area contributed by atoms with Gasteiger partial charge in [-0.2, -0.15) is 0 Å². The van der Waals surface area contributed by atoms with Gasteiger partial charge < -0.3 is 9.47 Å². The van der Waals surface area contributed by atoms with Gasteiger partial charge in [0, 0.05) is 38.1 Å². The Morgan fingerprint density at radius 2 is 1.66 bits per heavy atom. The van der Waals surface area contributed by atoms with Gasteiger partial charge in [0.2, 0.25) is 0 Å². The van der Waals surface area contributed by atoms with E-state index in [9.17, 15) is 13.2 Å². The van der Waals surface area contributed by atoms with Crippen molar-refractivity contribution in [2.45, 2.75) is 36.6 Å². The quantitative estimate of drug-likeness (QED) is 0.569. The zero-order valence-corrected chi connectivity index (χ0v) is 19.3. The minimum absolute atomic E-state index is 0.0256. The van der Waals surface area contributed by atoms with Crippen LogP contribution in [-0.4, -0.2) is 37.4 Å². The maximum absolute atomic E-state index is 13.4. The van der Waals surface area contributed by atoms with Gasteiger partial charge in [-0.25, -0.2) is 8.42 Å². The third kappa shape index (κ3) is 4.30. The largest absolute Gasteiger partial charge is 0.353 e. The molecule has 1 amide bonds. The molecule has 0 aliphatic carbocycles. The Morgan fingerprint density at radius 1 is 0.938 bits per heavy atom. The number of aryl methyl sites for hydroxylation is 1. The van der Waals surface area contributed by atoms with Crippen molar-refractivity contribution in [1.29, 1.82) is 0 Å². The number of carbonyl (C=O) groups excluding carboxylic acids is 1. The topological polar surface area (TPSA) is 62.6 Å². The summed E-state index contributed by atoms with van der Waals surface area (Å²) in [6.45, 7) is 0.700. The van der Waals surface area contributed by atoms with Crippen LogP contribution in [0.4, 0.5) is 5.69 Å². The summed E-state index contributed by atoms with van der Waals surface area (Å²) in [6.07, 6.45) is 6.10. The first kappa shape index (κ1) is 22.1. The molecule has 1 fully saturated rings. The van der Waals surface area contributed by atoms with Crippen LogP contribution in [0.25, 0.3) is 0 Å². The number of benzene rings is 2. The van der Waals surface area contributed by atoms with Crippen molar-refractivity contribution >= 4 is 21.6 Å². The highest BCUT2D eigenvalue weighted by molar-refractivity contribution is 7.92. The van der Waals surface area contributed by atoms with E-state index in [1.54, 1.807) is 36.4 Å². The van der Waals surface area contributed by atoms with Crippen LogP contribution in [0.2, 0.25) is 0 Å². The van der Waals surface area contributed by atoms with Crippen molar-refractivity contribution in [3.8, 4) is 0 Å². The summed E-state index contributed by atoms with van der Waals surface area (Å²) in [4.78, 5) is 15.6. The number of rotatable bonds is 5. The molecule has 0 radical (unpaired) electrons. The van der Waals surface area contributed by atoms with Crippen molar-refractivity contribution in [3.63, 3.8) is 0 Å². The highest BCUT2D eigenvalue weighted by Crippen LogP contribution is 2.32. The Hall–Kier alpha value is -3.06. The Labute approximate surface area is 190 Å². The Balaban J connectivity index is 1.59. The molecule has 1 aromatic heterocycles. The van der Waals surface area contributed by atoms with E-state index < -0.39 is 10.0 Å². The van der Waals surface area contributed by atoms with Crippen LogP contribution in [-0.2, 0) is 17.1 Å². The van der Waals surface area contributed by atoms with Crippen LogP contribution in [0.3, 0.4) is 0 Å². The number of hydrogen-bond donors (Lipinski definition) is 0. The number of likely N-dealkylation sites (tertiary alicyclic amines) is 1. The molecule has 0 spiro atoms. The first-order chi connectivity index (χ1) is 15.4. The molecule has 0 saturated carbocycles. The van der Waals surface area contributed by atoms with E-state index in [0.717, 1.165) is 31.4 Å². The zero-order chi connectivity index (χ0) is 22.7. The standard InChI is InChI=1S/C25H29N3O3S/c1-26-18-9-13-23(26)24-12-7-4-8-19-28(24)25(29)20-14-16-22(17-15-20)32(30,31)27(2)21-10-5-3-6-11-21/h3,5-6,9-11,13-18,24H,4,7-8,12,19H2,1-2H3/t24-/m0/s1. The van der Waals surface area contributed by atoms with Gasteiger partial charge in [0.1, 0.15) is 0 Å². The summed E-state index contributed by atoms with van der Waals surface area (Å²) >= 11 is 0. The van der Waals surface area contributed by atoms with Crippen molar-refractivity contribution in [3.05, 3.63) is 84.2 Å². The summed E-state index contributed by atoms with van der Waals surface area (Å²) in [5.74, 6) is -0.0570. The fourth-order valence-electron chi connectivity index (χ4n) is 4.35. The first-order valence-corrected chi connectivity index (χ1v) is 12.4. The van der Waals surface area contributed by atoms with E-state index >= 15 is 0 Å². The monoisotopic (exact) mass is 451 g/mol. The predicted octanol–water partition coefficient (Wildman–Crippen LogP) is 4.61. The third-order valence-electron chi connectivity index (χ3n) is 6.22. The molecule has 1 aliphatic rings. The van der Waals surface area contributed by atoms with Gasteiger partial charge in [0.25, 0.3) is 15.9 Å². The average Bonchev–Trinajstić information content (AvgIpc) is 3.09. The number of para-hydroxylation sites is 1. The summed E-state index contributed by atoms with van der Waals surface area (Å²) in [6, 6.07) is 19.3. The Morgan fingerprint density at radius 3 is 2.31 bits per heavy atom. The summed E-state index contributed by atoms with van der Waals surface area (Å²) in [5.41, 5.74) is 2.22. The molecule has 1 aliphatic heterocycles. The van der Waals surface area contributed by atoms with Crippen LogP contribution < -0.4 is 4.31 Å². The van der Waals surface area contributed by atoms with Crippen LogP contribution in [0, 0.1) is 0 Å². The van der Waals surface area contributed by atoms with Gasteiger partial charge in [0.15, 0.2) is 0 Å². The lowest BCUT2D eigenvalue weighted by Gasteiger charge is -2.31.